The molecule has 0 saturated carbocycles. The summed E-state index contributed by atoms with van der Waals surface area (Å²) < 4.78 is 5.57. The molecule has 0 aliphatic rings. The summed E-state index contributed by atoms with van der Waals surface area (Å²) >= 11 is 0. The van der Waals surface area contributed by atoms with Crippen LogP contribution in [0.5, 0.6) is 5.75 Å². The van der Waals surface area contributed by atoms with Crippen molar-refractivity contribution in [3.05, 3.63) is 65.7 Å². The minimum atomic E-state index is -0.499. The first-order valence-corrected chi connectivity index (χ1v) is 7.36. The molecule has 0 amide bonds. The third kappa shape index (κ3) is 5.98. The smallest absolute Gasteiger partial charge is 0.119 e. The summed E-state index contributed by atoms with van der Waals surface area (Å²) in [4.78, 5) is 0. The molecule has 0 bridgehead atoms. The van der Waals surface area contributed by atoms with E-state index in [0.29, 0.717) is 13.2 Å². The highest BCUT2D eigenvalue weighted by Gasteiger charge is 2.05. The van der Waals surface area contributed by atoms with Gasteiger partial charge in [-0.05, 0) is 43.1 Å². The van der Waals surface area contributed by atoms with Gasteiger partial charge >= 0.3 is 0 Å². The minimum absolute atomic E-state index is 0.307. The van der Waals surface area contributed by atoms with E-state index in [0.717, 1.165) is 24.3 Å². The molecule has 1 atom stereocenters. The molecular weight excluding hydrogens is 262 g/mol. The largest absolute Gasteiger partial charge is 0.491 e. The van der Waals surface area contributed by atoms with Crippen LogP contribution in [0.2, 0.25) is 0 Å². The standard InChI is InChI=1S/C18H23NO2/c1-15-6-5-9-18(12-15)21-14-17(20)13-19-11-10-16-7-3-2-4-8-16/h2-9,12,17,19-20H,10-11,13-14H2,1H3/t17-/m1/s1. The van der Waals surface area contributed by atoms with Gasteiger partial charge in [0.1, 0.15) is 18.5 Å². The van der Waals surface area contributed by atoms with Crippen LogP contribution < -0.4 is 10.1 Å². The number of nitrogens with one attached hydrogen (secondary N) is 1. The maximum Gasteiger partial charge on any atom is 0.119 e. The molecule has 0 heterocycles. The maximum absolute atomic E-state index is 9.89. The summed E-state index contributed by atoms with van der Waals surface area (Å²) in [6, 6.07) is 18.2. The Hall–Kier alpha value is -1.84. The SMILES string of the molecule is Cc1cccc(OC[C@H](O)CNCCc2ccccc2)c1. The van der Waals surface area contributed by atoms with Gasteiger partial charge in [-0.1, -0.05) is 42.5 Å². The molecule has 0 radical (unpaired) electrons. The second kappa shape index (κ2) is 8.45. The number of aliphatic hydroxyl groups excluding tert-OH is 1. The van der Waals surface area contributed by atoms with Crippen LogP contribution in [-0.2, 0) is 6.42 Å². The fraction of sp³-hybridized carbons (Fsp3) is 0.333. The molecule has 21 heavy (non-hydrogen) atoms. The number of ether oxygens (including phenoxy) is 1. The topological polar surface area (TPSA) is 41.5 Å². The maximum atomic E-state index is 9.89. The van der Waals surface area contributed by atoms with E-state index in [2.05, 4.69) is 17.4 Å². The van der Waals surface area contributed by atoms with Gasteiger partial charge in [-0.25, -0.2) is 0 Å². The van der Waals surface area contributed by atoms with Gasteiger partial charge < -0.3 is 15.2 Å². The number of aryl methyl sites for hydroxylation is 1. The Bertz CT molecular complexity index is 528. The predicted octanol–water partition coefficient (Wildman–Crippen LogP) is 2.57. The molecular formula is C18H23NO2. The fourth-order valence-electron chi connectivity index (χ4n) is 2.10. The van der Waals surface area contributed by atoms with E-state index in [1.54, 1.807) is 0 Å². The quantitative estimate of drug-likeness (QED) is 0.733. The Morgan fingerprint density at radius 2 is 1.90 bits per heavy atom. The van der Waals surface area contributed by atoms with Crippen molar-refractivity contribution in [2.75, 3.05) is 19.7 Å². The third-order valence-electron chi connectivity index (χ3n) is 3.25. The van der Waals surface area contributed by atoms with Gasteiger partial charge in [0.2, 0.25) is 0 Å². The molecule has 0 aliphatic heterocycles. The minimum Gasteiger partial charge on any atom is -0.491 e. The average Bonchev–Trinajstić information content (AvgIpc) is 2.51. The molecule has 2 N–H and O–H groups in total. The first-order valence-electron chi connectivity index (χ1n) is 7.36. The summed E-state index contributed by atoms with van der Waals surface area (Å²) in [7, 11) is 0. The molecule has 0 unspecified atom stereocenters. The van der Waals surface area contributed by atoms with Gasteiger partial charge in [-0.2, -0.15) is 0 Å². The second-order valence-electron chi connectivity index (χ2n) is 5.22. The van der Waals surface area contributed by atoms with E-state index < -0.39 is 6.10 Å². The lowest BCUT2D eigenvalue weighted by atomic mass is 10.1. The Kier molecular flexibility index (Phi) is 6.25. The Morgan fingerprint density at radius 3 is 2.67 bits per heavy atom. The molecule has 0 aromatic heterocycles. The van der Waals surface area contributed by atoms with E-state index in [1.165, 1.54) is 5.56 Å². The van der Waals surface area contributed by atoms with Crippen LogP contribution in [0.25, 0.3) is 0 Å². The van der Waals surface area contributed by atoms with Crippen molar-refractivity contribution in [1.82, 2.24) is 5.32 Å². The van der Waals surface area contributed by atoms with Crippen LogP contribution >= 0.6 is 0 Å². The van der Waals surface area contributed by atoms with E-state index in [4.69, 9.17) is 4.74 Å². The molecule has 0 spiro atoms. The normalized spacial score (nSPS) is 12.1. The van der Waals surface area contributed by atoms with Crippen LogP contribution in [0.3, 0.4) is 0 Å². The summed E-state index contributed by atoms with van der Waals surface area (Å²) in [6.07, 6.45) is 0.466. The number of hydrogen-bond acceptors (Lipinski definition) is 3. The molecule has 3 nitrogen and oxygen atoms in total. The van der Waals surface area contributed by atoms with Crippen molar-refractivity contribution < 1.29 is 9.84 Å². The highest BCUT2D eigenvalue weighted by Crippen LogP contribution is 2.12. The van der Waals surface area contributed by atoms with Crippen LogP contribution in [0.4, 0.5) is 0 Å². The van der Waals surface area contributed by atoms with Crippen molar-refractivity contribution in [2.45, 2.75) is 19.4 Å². The number of hydrogen-bond donors (Lipinski definition) is 2. The molecule has 2 aromatic carbocycles. The first-order chi connectivity index (χ1) is 10.2. The lowest BCUT2D eigenvalue weighted by Gasteiger charge is -2.13. The number of rotatable bonds is 8. The average molecular weight is 285 g/mol. The van der Waals surface area contributed by atoms with Gasteiger partial charge in [-0.15, -0.1) is 0 Å². The predicted molar refractivity (Wildman–Crippen MR) is 85.7 cm³/mol. The number of benzene rings is 2. The lowest BCUT2D eigenvalue weighted by molar-refractivity contribution is 0.106. The van der Waals surface area contributed by atoms with Gasteiger partial charge in [0.25, 0.3) is 0 Å². The third-order valence-corrected chi connectivity index (χ3v) is 3.25. The van der Waals surface area contributed by atoms with Crippen LogP contribution in [0.1, 0.15) is 11.1 Å². The van der Waals surface area contributed by atoms with Crippen molar-refractivity contribution in [3.8, 4) is 5.75 Å². The highest BCUT2D eigenvalue weighted by atomic mass is 16.5. The van der Waals surface area contributed by atoms with Crippen LogP contribution in [-0.4, -0.2) is 30.9 Å². The van der Waals surface area contributed by atoms with Crippen molar-refractivity contribution in [1.29, 1.82) is 0 Å². The van der Waals surface area contributed by atoms with E-state index in [1.807, 2.05) is 49.4 Å². The molecule has 0 saturated heterocycles. The Balaban J connectivity index is 1.60. The zero-order chi connectivity index (χ0) is 14.9. The van der Waals surface area contributed by atoms with Crippen LogP contribution in [0, 0.1) is 6.92 Å². The van der Waals surface area contributed by atoms with E-state index >= 15 is 0 Å². The molecule has 2 aromatic rings. The highest BCUT2D eigenvalue weighted by molar-refractivity contribution is 5.27. The molecule has 112 valence electrons. The summed E-state index contributed by atoms with van der Waals surface area (Å²) in [5, 5.41) is 13.1. The summed E-state index contributed by atoms with van der Waals surface area (Å²) in [5.41, 5.74) is 2.46. The lowest BCUT2D eigenvalue weighted by Crippen LogP contribution is -2.32. The Labute approximate surface area is 126 Å². The van der Waals surface area contributed by atoms with Gasteiger partial charge in [0.05, 0.1) is 0 Å². The number of aliphatic hydroxyl groups is 1. The van der Waals surface area contributed by atoms with E-state index in [9.17, 15) is 5.11 Å². The molecule has 3 heteroatoms. The molecule has 0 fully saturated rings. The van der Waals surface area contributed by atoms with Crippen molar-refractivity contribution in [2.24, 2.45) is 0 Å². The van der Waals surface area contributed by atoms with Crippen LogP contribution in [0.15, 0.2) is 54.6 Å². The Morgan fingerprint density at radius 1 is 1.10 bits per heavy atom. The first kappa shape index (κ1) is 15.5. The fourth-order valence-corrected chi connectivity index (χ4v) is 2.10. The molecule has 2 rings (SSSR count). The summed E-state index contributed by atoms with van der Waals surface area (Å²) in [6.45, 7) is 3.72. The zero-order valence-corrected chi connectivity index (χ0v) is 12.5. The molecule has 0 aliphatic carbocycles. The second-order valence-corrected chi connectivity index (χ2v) is 5.22. The summed E-state index contributed by atoms with van der Waals surface area (Å²) in [5.74, 6) is 0.804. The van der Waals surface area contributed by atoms with Crippen molar-refractivity contribution in [3.63, 3.8) is 0 Å². The van der Waals surface area contributed by atoms with Gasteiger partial charge in [0, 0.05) is 6.54 Å². The van der Waals surface area contributed by atoms with Crippen molar-refractivity contribution >= 4 is 0 Å². The van der Waals surface area contributed by atoms with Gasteiger partial charge in [0.15, 0.2) is 0 Å². The zero-order valence-electron chi connectivity index (χ0n) is 12.5. The van der Waals surface area contributed by atoms with Gasteiger partial charge in [-0.3, -0.25) is 0 Å². The van der Waals surface area contributed by atoms with E-state index in [-0.39, 0.29) is 0 Å². The monoisotopic (exact) mass is 285 g/mol.